The van der Waals surface area contributed by atoms with Crippen LogP contribution in [0.1, 0.15) is 80.8 Å². The molecule has 7 nitrogen and oxygen atoms in total. The fourth-order valence-corrected chi connectivity index (χ4v) is 6.76. The van der Waals surface area contributed by atoms with Crippen molar-refractivity contribution in [3.05, 3.63) is 47.7 Å². The predicted molar refractivity (Wildman–Crippen MR) is 142 cm³/mol. The summed E-state index contributed by atoms with van der Waals surface area (Å²) < 4.78 is 5.48. The Hall–Kier alpha value is -2.48. The van der Waals surface area contributed by atoms with Crippen molar-refractivity contribution in [1.82, 2.24) is 15.2 Å². The molecule has 5 rings (SSSR count). The lowest BCUT2D eigenvalue weighted by Gasteiger charge is -2.51. The second-order valence-electron chi connectivity index (χ2n) is 11.3. The van der Waals surface area contributed by atoms with Crippen LogP contribution < -0.4 is 11.1 Å². The van der Waals surface area contributed by atoms with Gasteiger partial charge in [0.1, 0.15) is 5.82 Å². The molecule has 36 heavy (non-hydrogen) atoms. The summed E-state index contributed by atoms with van der Waals surface area (Å²) in [6, 6.07) is 10.7. The van der Waals surface area contributed by atoms with Gasteiger partial charge >= 0.3 is 0 Å². The Morgan fingerprint density at radius 3 is 2.69 bits per heavy atom. The van der Waals surface area contributed by atoms with Crippen LogP contribution in [0.2, 0.25) is 0 Å². The molecule has 2 aromatic rings. The number of anilines is 1. The maximum Gasteiger partial charge on any atom is 0.255 e. The number of amides is 1. The fraction of sp³-hybridized carbons (Fsp3) is 0.586. The molecule has 0 spiro atoms. The van der Waals surface area contributed by atoms with Crippen LogP contribution >= 0.6 is 0 Å². The molecule has 2 heterocycles. The van der Waals surface area contributed by atoms with E-state index in [4.69, 9.17) is 10.5 Å². The standard InChI is InChI=1S/C29H40N4O3/c1-3-28(16-21-5-4-10-29(35,17-21)19-28)32-27(34)25-15-24(18-31-26(25)30)23-8-6-22(7-9-23)20(2)33-11-13-36-14-12-33/h6-9,15,18,20-21,35H,3-5,10-14,16-17,19H2,1-2H3,(H2,30,31)(H,32,34)/t20-,21?,28?,29?/m1/s1. The van der Waals surface area contributed by atoms with Gasteiger partial charge in [-0.2, -0.15) is 0 Å². The number of fused-ring (bicyclic) bond motifs is 2. The average Bonchev–Trinajstić information content (AvgIpc) is 2.88. The summed E-state index contributed by atoms with van der Waals surface area (Å²) in [6.07, 6.45) is 7.90. The van der Waals surface area contributed by atoms with Crippen LogP contribution in [0.15, 0.2) is 36.5 Å². The third-order valence-electron chi connectivity index (χ3n) is 8.81. The van der Waals surface area contributed by atoms with Gasteiger partial charge in [0.2, 0.25) is 0 Å². The Kier molecular flexibility index (Phi) is 7.07. The number of nitrogens with one attached hydrogen (secondary N) is 1. The molecule has 3 fully saturated rings. The number of carbonyl (C=O) groups excluding carboxylic acids is 1. The van der Waals surface area contributed by atoms with Crippen LogP contribution in [0.4, 0.5) is 5.82 Å². The number of carbonyl (C=O) groups is 1. The van der Waals surface area contributed by atoms with Crippen molar-refractivity contribution in [3.8, 4) is 11.1 Å². The number of ether oxygens (including phenoxy) is 1. The molecule has 2 aliphatic carbocycles. The molecule has 3 aliphatic rings. The zero-order valence-electron chi connectivity index (χ0n) is 21.6. The summed E-state index contributed by atoms with van der Waals surface area (Å²) in [7, 11) is 0. The number of aliphatic hydroxyl groups is 1. The number of pyridine rings is 1. The van der Waals surface area contributed by atoms with Crippen molar-refractivity contribution >= 4 is 11.7 Å². The Balaban J connectivity index is 1.33. The summed E-state index contributed by atoms with van der Waals surface area (Å²) >= 11 is 0. The molecule has 1 saturated heterocycles. The predicted octanol–water partition coefficient (Wildman–Crippen LogP) is 4.32. The summed E-state index contributed by atoms with van der Waals surface area (Å²) in [5, 5.41) is 14.4. The minimum Gasteiger partial charge on any atom is -0.390 e. The van der Waals surface area contributed by atoms with Gasteiger partial charge in [-0.15, -0.1) is 0 Å². The largest absolute Gasteiger partial charge is 0.390 e. The molecule has 4 atom stereocenters. The lowest BCUT2D eigenvalue weighted by Crippen LogP contribution is -2.59. The number of aromatic nitrogens is 1. The van der Waals surface area contributed by atoms with E-state index in [-0.39, 0.29) is 11.7 Å². The minimum atomic E-state index is -0.670. The Bertz CT molecular complexity index is 1080. The molecule has 4 N–H and O–H groups in total. The van der Waals surface area contributed by atoms with Crippen LogP contribution in [0.5, 0.6) is 0 Å². The lowest BCUT2D eigenvalue weighted by atomic mass is 9.61. The first-order valence-corrected chi connectivity index (χ1v) is 13.5. The van der Waals surface area contributed by atoms with Gasteiger partial charge in [-0.3, -0.25) is 9.69 Å². The maximum absolute atomic E-state index is 13.5. The van der Waals surface area contributed by atoms with Gasteiger partial charge in [0, 0.05) is 36.4 Å². The normalized spacial score (nSPS) is 29.5. The van der Waals surface area contributed by atoms with Crippen molar-refractivity contribution in [1.29, 1.82) is 0 Å². The third kappa shape index (κ3) is 5.15. The monoisotopic (exact) mass is 492 g/mol. The quantitative estimate of drug-likeness (QED) is 0.555. The zero-order chi connectivity index (χ0) is 25.3. The van der Waals surface area contributed by atoms with Crippen molar-refractivity contribution in [2.75, 3.05) is 32.0 Å². The van der Waals surface area contributed by atoms with E-state index in [0.717, 1.165) is 76.0 Å². The Morgan fingerprint density at radius 2 is 2.00 bits per heavy atom. The number of hydrogen-bond donors (Lipinski definition) is 3. The van der Waals surface area contributed by atoms with Gasteiger partial charge in [-0.1, -0.05) is 44.0 Å². The summed E-state index contributed by atoms with van der Waals surface area (Å²) in [5.41, 5.74) is 8.63. The smallest absolute Gasteiger partial charge is 0.255 e. The van der Waals surface area contributed by atoms with Crippen LogP contribution in [0, 0.1) is 5.92 Å². The number of hydrogen-bond acceptors (Lipinski definition) is 6. The van der Waals surface area contributed by atoms with E-state index in [9.17, 15) is 9.90 Å². The van der Waals surface area contributed by atoms with Crippen LogP contribution in [0.3, 0.4) is 0 Å². The second kappa shape index (κ2) is 10.1. The molecule has 0 radical (unpaired) electrons. The van der Waals surface area contributed by atoms with Crippen molar-refractivity contribution < 1.29 is 14.6 Å². The SMILES string of the molecule is CCC1(NC(=O)c2cc(-c3ccc([C@@H](C)N4CCOCC4)cc3)cnc2N)CC2CCCC(O)(C2)C1. The number of nitrogen functional groups attached to an aromatic ring is 1. The van der Waals surface area contributed by atoms with E-state index < -0.39 is 11.1 Å². The lowest BCUT2D eigenvalue weighted by molar-refractivity contribution is -0.0808. The van der Waals surface area contributed by atoms with Gasteiger partial charge in [0.05, 0.1) is 24.4 Å². The van der Waals surface area contributed by atoms with Crippen molar-refractivity contribution in [2.24, 2.45) is 5.92 Å². The van der Waals surface area contributed by atoms with Crippen LogP contribution in [-0.2, 0) is 4.74 Å². The highest BCUT2D eigenvalue weighted by Crippen LogP contribution is 2.48. The van der Waals surface area contributed by atoms with E-state index in [1.807, 2.05) is 6.07 Å². The minimum absolute atomic E-state index is 0.204. The first kappa shape index (κ1) is 25.2. The van der Waals surface area contributed by atoms with Gasteiger partial charge in [0.15, 0.2) is 0 Å². The molecule has 2 saturated carbocycles. The summed E-state index contributed by atoms with van der Waals surface area (Å²) in [5.74, 6) is 0.484. The molecule has 7 heteroatoms. The number of nitrogens with two attached hydrogens (primary N) is 1. The first-order valence-electron chi connectivity index (χ1n) is 13.5. The van der Waals surface area contributed by atoms with Crippen LogP contribution in [0.25, 0.3) is 11.1 Å². The maximum atomic E-state index is 13.5. The third-order valence-corrected chi connectivity index (χ3v) is 8.81. The Labute approximate surface area is 214 Å². The number of nitrogens with zero attached hydrogens (tertiary/aromatic N) is 2. The summed E-state index contributed by atoms with van der Waals surface area (Å²) in [4.78, 5) is 20.3. The van der Waals surface area contributed by atoms with E-state index in [1.54, 1.807) is 6.20 Å². The molecule has 1 amide bonds. The van der Waals surface area contributed by atoms with E-state index >= 15 is 0 Å². The first-order chi connectivity index (χ1) is 17.3. The van der Waals surface area contributed by atoms with Gasteiger partial charge in [-0.05, 0) is 62.1 Å². The van der Waals surface area contributed by atoms with Crippen molar-refractivity contribution in [2.45, 2.75) is 76.0 Å². The number of morpholine rings is 1. The molecule has 2 bridgehead atoms. The van der Waals surface area contributed by atoms with Gasteiger partial charge < -0.3 is 20.9 Å². The van der Waals surface area contributed by atoms with E-state index in [2.05, 4.69) is 53.3 Å². The fourth-order valence-electron chi connectivity index (χ4n) is 6.76. The average molecular weight is 493 g/mol. The van der Waals surface area contributed by atoms with Gasteiger partial charge in [-0.25, -0.2) is 4.98 Å². The second-order valence-corrected chi connectivity index (χ2v) is 11.3. The van der Waals surface area contributed by atoms with E-state index in [0.29, 0.717) is 23.9 Å². The molecule has 1 aromatic heterocycles. The molecule has 3 unspecified atom stereocenters. The van der Waals surface area contributed by atoms with Crippen molar-refractivity contribution in [3.63, 3.8) is 0 Å². The number of benzene rings is 1. The Morgan fingerprint density at radius 1 is 1.25 bits per heavy atom. The highest BCUT2D eigenvalue weighted by molar-refractivity contribution is 5.99. The van der Waals surface area contributed by atoms with Gasteiger partial charge in [0.25, 0.3) is 5.91 Å². The zero-order valence-corrected chi connectivity index (χ0v) is 21.6. The highest BCUT2D eigenvalue weighted by atomic mass is 16.5. The van der Waals surface area contributed by atoms with Crippen LogP contribution in [-0.4, -0.2) is 58.3 Å². The molecular formula is C29H40N4O3. The molecule has 194 valence electrons. The summed E-state index contributed by atoms with van der Waals surface area (Å²) in [6.45, 7) is 7.78. The number of rotatable bonds is 6. The van der Waals surface area contributed by atoms with E-state index in [1.165, 1.54) is 5.56 Å². The molecule has 1 aromatic carbocycles. The molecule has 1 aliphatic heterocycles. The highest BCUT2D eigenvalue weighted by Gasteiger charge is 2.49. The molecular weight excluding hydrogens is 452 g/mol. The topological polar surface area (TPSA) is 101 Å².